The lowest BCUT2D eigenvalue weighted by Crippen LogP contribution is -2.42. The Morgan fingerprint density at radius 3 is 2.60 bits per heavy atom. The van der Waals surface area contributed by atoms with E-state index in [4.69, 9.17) is 11.6 Å². The van der Waals surface area contributed by atoms with Crippen LogP contribution in [0.3, 0.4) is 0 Å². The summed E-state index contributed by atoms with van der Waals surface area (Å²) in [6.45, 7) is 7.64. The third kappa shape index (κ3) is 3.80. The Labute approximate surface area is 98.9 Å². The van der Waals surface area contributed by atoms with Crippen LogP contribution in [0.5, 0.6) is 0 Å². The van der Waals surface area contributed by atoms with Gasteiger partial charge in [0.15, 0.2) is 5.38 Å². The first-order valence-corrected chi connectivity index (χ1v) is 5.99. The van der Waals surface area contributed by atoms with E-state index in [9.17, 15) is 4.79 Å². The number of aryl methyl sites for hydroxylation is 1. The summed E-state index contributed by atoms with van der Waals surface area (Å²) in [6.07, 6.45) is 0. The maximum Gasteiger partial charge on any atom is 0.245 e. The van der Waals surface area contributed by atoms with Crippen LogP contribution < -0.4 is 5.32 Å². The molecule has 0 spiro atoms. The van der Waals surface area contributed by atoms with Crippen LogP contribution in [0.4, 0.5) is 0 Å². The average molecular weight is 247 g/mol. The van der Waals surface area contributed by atoms with Crippen molar-refractivity contribution < 1.29 is 4.79 Å². The Morgan fingerprint density at radius 1 is 1.60 bits per heavy atom. The highest BCUT2D eigenvalue weighted by atomic mass is 35.5. The second kappa shape index (κ2) is 4.49. The van der Waals surface area contributed by atoms with E-state index >= 15 is 0 Å². The molecule has 15 heavy (non-hydrogen) atoms. The lowest BCUT2D eigenvalue weighted by molar-refractivity contribution is -0.122. The van der Waals surface area contributed by atoms with Gasteiger partial charge in [-0.05, 0) is 27.7 Å². The van der Waals surface area contributed by atoms with Crippen LogP contribution in [0.15, 0.2) is 5.38 Å². The lowest BCUT2D eigenvalue weighted by Gasteiger charge is -2.21. The van der Waals surface area contributed by atoms with Crippen molar-refractivity contribution in [2.45, 2.75) is 38.6 Å². The van der Waals surface area contributed by atoms with E-state index < -0.39 is 5.38 Å². The smallest absolute Gasteiger partial charge is 0.245 e. The molecule has 1 unspecified atom stereocenters. The van der Waals surface area contributed by atoms with E-state index in [1.54, 1.807) is 0 Å². The molecule has 1 N–H and O–H groups in total. The van der Waals surface area contributed by atoms with Gasteiger partial charge in [0.05, 0.1) is 0 Å². The van der Waals surface area contributed by atoms with Crippen molar-refractivity contribution in [3.63, 3.8) is 0 Å². The highest BCUT2D eigenvalue weighted by Crippen LogP contribution is 2.24. The highest BCUT2D eigenvalue weighted by Gasteiger charge is 2.24. The fourth-order valence-electron chi connectivity index (χ4n) is 1.03. The van der Waals surface area contributed by atoms with Crippen molar-refractivity contribution in [3.05, 3.63) is 16.1 Å². The molecule has 0 radical (unpaired) electrons. The van der Waals surface area contributed by atoms with Gasteiger partial charge in [0.2, 0.25) is 5.91 Å². The molecule has 0 saturated carbocycles. The van der Waals surface area contributed by atoms with Crippen LogP contribution in [0.25, 0.3) is 0 Å². The largest absolute Gasteiger partial charge is 0.350 e. The highest BCUT2D eigenvalue weighted by molar-refractivity contribution is 7.10. The average Bonchev–Trinajstić information content (AvgIpc) is 2.47. The summed E-state index contributed by atoms with van der Waals surface area (Å²) < 4.78 is 0. The number of aromatic nitrogens is 1. The van der Waals surface area contributed by atoms with Gasteiger partial charge >= 0.3 is 0 Å². The molecule has 1 aromatic rings. The summed E-state index contributed by atoms with van der Waals surface area (Å²) in [7, 11) is 0. The molecule has 0 fully saturated rings. The SMILES string of the molecule is Cc1csc(C(Cl)C(=O)NC(C)(C)C)n1. The first kappa shape index (κ1) is 12.5. The molecule has 0 aliphatic carbocycles. The van der Waals surface area contributed by atoms with Crippen LogP contribution in [-0.2, 0) is 4.79 Å². The summed E-state index contributed by atoms with van der Waals surface area (Å²) in [5.74, 6) is -0.196. The van der Waals surface area contributed by atoms with Gasteiger partial charge in [0.1, 0.15) is 5.01 Å². The van der Waals surface area contributed by atoms with Crippen LogP contribution in [-0.4, -0.2) is 16.4 Å². The summed E-state index contributed by atoms with van der Waals surface area (Å²) in [4.78, 5) is 15.9. The fourth-order valence-corrected chi connectivity index (χ4v) is 2.06. The molecule has 0 saturated heterocycles. The predicted octanol–water partition coefficient (Wildman–Crippen LogP) is 2.65. The monoisotopic (exact) mass is 246 g/mol. The van der Waals surface area contributed by atoms with Crippen molar-refractivity contribution in [1.82, 2.24) is 10.3 Å². The normalized spacial score (nSPS) is 13.7. The van der Waals surface area contributed by atoms with Gasteiger partial charge in [-0.3, -0.25) is 4.79 Å². The van der Waals surface area contributed by atoms with Gasteiger partial charge in [-0.15, -0.1) is 22.9 Å². The van der Waals surface area contributed by atoms with Gasteiger partial charge in [-0.2, -0.15) is 0 Å². The van der Waals surface area contributed by atoms with Crippen LogP contribution in [0, 0.1) is 6.92 Å². The number of hydrogen-bond donors (Lipinski definition) is 1. The van der Waals surface area contributed by atoms with Crippen molar-refractivity contribution in [2.75, 3.05) is 0 Å². The summed E-state index contributed by atoms with van der Waals surface area (Å²) >= 11 is 7.42. The van der Waals surface area contributed by atoms with E-state index in [1.165, 1.54) is 11.3 Å². The van der Waals surface area contributed by atoms with Crippen molar-refractivity contribution in [2.24, 2.45) is 0 Å². The molecule has 1 aromatic heterocycles. The minimum atomic E-state index is -0.692. The van der Waals surface area contributed by atoms with E-state index in [-0.39, 0.29) is 11.4 Å². The van der Waals surface area contributed by atoms with E-state index in [0.29, 0.717) is 5.01 Å². The number of carbonyl (C=O) groups excluding carboxylic acids is 1. The van der Waals surface area contributed by atoms with Gasteiger partial charge in [0, 0.05) is 16.6 Å². The predicted molar refractivity (Wildman–Crippen MR) is 63.3 cm³/mol. The Hall–Kier alpha value is -0.610. The molecule has 5 heteroatoms. The molecule has 0 aliphatic heterocycles. The first-order chi connectivity index (χ1) is 6.79. The lowest BCUT2D eigenvalue weighted by atomic mass is 10.1. The Bertz CT molecular complexity index is 357. The van der Waals surface area contributed by atoms with Crippen molar-refractivity contribution >= 4 is 28.8 Å². The number of hydrogen-bond acceptors (Lipinski definition) is 3. The molecule has 0 aromatic carbocycles. The third-order valence-electron chi connectivity index (χ3n) is 1.58. The summed E-state index contributed by atoms with van der Waals surface area (Å²) in [6, 6.07) is 0. The summed E-state index contributed by atoms with van der Waals surface area (Å²) in [5.41, 5.74) is 0.625. The van der Waals surface area contributed by atoms with E-state index in [1.807, 2.05) is 33.1 Å². The minimum Gasteiger partial charge on any atom is -0.350 e. The second-order valence-corrected chi connectivity index (χ2v) is 5.76. The van der Waals surface area contributed by atoms with Crippen molar-refractivity contribution in [3.8, 4) is 0 Å². The Kier molecular flexibility index (Phi) is 3.73. The zero-order valence-electron chi connectivity index (χ0n) is 9.30. The quantitative estimate of drug-likeness (QED) is 0.816. The van der Waals surface area contributed by atoms with Crippen LogP contribution in [0.2, 0.25) is 0 Å². The standard InChI is InChI=1S/C10H15ClN2OS/c1-6-5-15-9(12-6)7(11)8(14)13-10(2,3)4/h5,7H,1-4H3,(H,13,14). The Morgan fingerprint density at radius 2 is 2.20 bits per heavy atom. The maximum atomic E-state index is 11.7. The fraction of sp³-hybridized carbons (Fsp3) is 0.600. The summed E-state index contributed by atoms with van der Waals surface area (Å²) in [5, 5.41) is 4.66. The first-order valence-electron chi connectivity index (χ1n) is 4.68. The molecular weight excluding hydrogens is 232 g/mol. The van der Waals surface area contributed by atoms with Gasteiger partial charge in [-0.1, -0.05) is 0 Å². The van der Waals surface area contributed by atoms with E-state index in [2.05, 4.69) is 10.3 Å². The third-order valence-corrected chi connectivity index (χ3v) is 3.14. The molecular formula is C10H15ClN2OS. The molecule has 84 valence electrons. The number of nitrogens with zero attached hydrogens (tertiary/aromatic N) is 1. The molecule has 1 atom stereocenters. The maximum absolute atomic E-state index is 11.7. The number of thiazole rings is 1. The van der Waals surface area contributed by atoms with Crippen LogP contribution >= 0.6 is 22.9 Å². The minimum absolute atomic E-state index is 0.196. The number of amides is 1. The van der Waals surface area contributed by atoms with Gasteiger partial charge in [0.25, 0.3) is 0 Å². The Balaban J connectivity index is 2.69. The molecule has 3 nitrogen and oxygen atoms in total. The number of nitrogens with one attached hydrogen (secondary N) is 1. The van der Waals surface area contributed by atoms with Crippen molar-refractivity contribution in [1.29, 1.82) is 0 Å². The molecule has 1 heterocycles. The zero-order valence-corrected chi connectivity index (χ0v) is 10.9. The number of carbonyl (C=O) groups is 1. The zero-order chi connectivity index (χ0) is 11.6. The van der Waals surface area contributed by atoms with Crippen LogP contribution in [0.1, 0.15) is 36.8 Å². The number of halogens is 1. The number of rotatable bonds is 2. The molecule has 1 rings (SSSR count). The molecule has 1 amide bonds. The topological polar surface area (TPSA) is 42.0 Å². The number of alkyl halides is 1. The molecule has 0 bridgehead atoms. The van der Waals surface area contributed by atoms with E-state index in [0.717, 1.165) is 5.69 Å². The van der Waals surface area contributed by atoms with Gasteiger partial charge < -0.3 is 5.32 Å². The molecule has 0 aliphatic rings. The van der Waals surface area contributed by atoms with Gasteiger partial charge in [-0.25, -0.2) is 4.98 Å². The second-order valence-electron chi connectivity index (χ2n) is 4.43.